The van der Waals surface area contributed by atoms with Crippen LogP contribution in [0.4, 0.5) is 0 Å². The molecule has 1 N–H and O–H groups in total. The maximum absolute atomic E-state index is 12.0. The molecule has 0 aromatic heterocycles. The van der Waals surface area contributed by atoms with Gasteiger partial charge in [-0.1, -0.05) is 44.4 Å². The quantitative estimate of drug-likeness (QED) is 0.774. The number of amides is 1. The maximum Gasteiger partial charge on any atom is 0.252 e. The van der Waals surface area contributed by atoms with E-state index in [-0.39, 0.29) is 11.3 Å². The van der Waals surface area contributed by atoms with Crippen LogP contribution in [-0.2, 0) is 0 Å². The summed E-state index contributed by atoms with van der Waals surface area (Å²) in [6, 6.07) is 5.41. The molecule has 1 amide bonds. The van der Waals surface area contributed by atoms with E-state index in [2.05, 4.69) is 19.2 Å². The van der Waals surface area contributed by atoms with Crippen LogP contribution >= 0.6 is 23.2 Å². The fourth-order valence-corrected chi connectivity index (χ4v) is 2.81. The lowest BCUT2D eigenvalue weighted by Crippen LogP contribution is -2.33. The molecule has 1 aromatic rings. The Balaban J connectivity index is 2.60. The molecule has 2 nitrogen and oxygen atoms in total. The van der Waals surface area contributed by atoms with Crippen LogP contribution in [0, 0.1) is 12.8 Å². The third-order valence-corrected chi connectivity index (χ3v) is 4.21. The summed E-state index contributed by atoms with van der Waals surface area (Å²) in [5, 5.41) is 3.29. The van der Waals surface area contributed by atoms with Gasteiger partial charge in [-0.3, -0.25) is 4.79 Å². The van der Waals surface area contributed by atoms with Crippen molar-refractivity contribution in [2.45, 2.75) is 39.0 Å². The van der Waals surface area contributed by atoms with E-state index in [1.165, 1.54) is 0 Å². The lowest BCUT2D eigenvalue weighted by Gasteiger charge is -2.19. The first-order valence-corrected chi connectivity index (χ1v) is 7.49. The molecule has 0 saturated carbocycles. The first-order chi connectivity index (χ1) is 8.99. The molecule has 1 rings (SSSR count). The molecule has 0 spiro atoms. The Kier molecular flexibility index (Phi) is 6.67. The minimum Gasteiger partial charge on any atom is -0.350 e. The summed E-state index contributed by atoms with van der Waals surface area (Å²) >= 11 is 12.4. The minimum absolute atomic E-state index is 0.0387. The van der Waals surface area contributed by atoms with Crippen molar-refractivity contribution in [3.8, 4) is 0 Å². The van der Waals surface area contributed by atoms with Crippen LogP contribution in [0.2, 0.25) is 5.02 Å². The number of hydrogen-bond donors (Lipinski definition) is 1. The molecule has 4 heteroatoms. The van der Waals surface area contributed by atoms with Crippen LogP contribution < -0.4 is 5.32 Å². The summed E-state index contributed by atoms with van der Waals surface area (Å²) in [5.41, 5.74) is 1.54. The molecule has 0 bridgehead atoms. The predicted molar refractivity (Wildman–Crippen MR) is 82.2 cm³/mol. The highest BCUT2D eigenvalue weighted by atomic mass is 35.5. The highest BCUT2D eigenvalue weighted by molar-refractivity contribution is 6.33. The normalized spacial score (nSPS) is 12.5. The molecule has 1 aromatic carbocycles. The first-order valence-electron chi connectivity index (χ1n) is 6.68. The first kappa shape index (κ1) is 16.3. The Morgan fingerprint density at radius 1 is 1.32 bits per heavy atom. The van der Waals surface area contributed by atoms with E-state index in [4.69, 9.17) is 23.2 Å². The Morgan fingerprint density at radius 2 is 1.95 bits per heavy atom. The Morgan fingerprint density at radius 3 is 2.47 bits per heavy atom. The number of hydrogen-bond acceptors (Lipinski definition) is 1. The second-order valence-electron chi connectivity index (χ2n) is 4.79. The molecule has 0 saturated heterocycles. The SMILES string of the molecule is CCC(CC)C(Cl)CNC(=O)c1ccc(C)cc1Cl. The monoisotopic (exact) mass is 301 g/mol. The number of halogens is 2. The summed E-state index contributed by atoms with van der Waals surface area (Å²) in [7, 11) is 0. The average molecular weight is 302 g/mol. The van der Waals surface area contributed by atoms with Gasteiger partial charge in [0.25, 0.3) is 5.91 Å². The number of nitrogens with one attached hydrogen (secondary N) is 1. The van der Waals surface area contributed by atoms with Crippen molar-refractivity contribution >= 4 is 29.1 Å². The summed E-state index contributed by atoms with van der Waals surface area (Å²) in [6.07, 6.45) is 2.04. The zero-order valence-electron chi connectivity index (χ0n) is 11.7. The highest BCUT2D eigenvalue weighted by Gasteiger charge is 2.17. The molecule has 19 heavy (non-hydrogen) atoms. The number of carbonyl (C=O) groups excluding carboxylic acids is 1. The zero-order chi connectivity index (χ0) is 14.4. The smallest absolute Gasteiger partial charge is 0.252 e. The average Bonchev–Trinajstić information content (AvgIpc) is 2.37. The molecule has 0 fully saturated rings. The van der Waals surface area contributed by atoms with Gasteiger partial charge in [0.1, 0.15) is 0 Å². The molecule has 106 valence electrons. The predicted octanol–water partition coefficient (Wildman–Crippen LogP) is 4.42. The van der Waals surface area contributed by atoms with Gasteiger partial charge in [0.15, 0.2) is 0 Å². The molecule has 0 aliphatic heterocycles. The van der Waals surface area contributed by atoms with Crippen LogP contribution in [0.5, 0.6) is 0 Å². The number of benzene rings is 1. The van der Waals surface area contributed by atoms with E-state index < -0.39 is 0 Å². The van der Waals surface area contributed by atoms with Gasteiger partial charge < -0.3 is 5.32 Å². The third-order valence-electron chi connectivity index (χ3n) is 3.39. The van der Waals surface area contributed by atoms with E-state index in [9.17, 15) is 4.79 Å². The van der Waals surface area contributed by atoms with Crippen molar-refractivity contribution in [2.75, 3.05) is 6.54 Å². The topological polar surface area (TPSA) is 29.1 Å². The van der Waals surface area contributed by atoms with Crippen molar-refractivity contribution in [3.63, 3.8) is 0 Å². The van der Waals surface area contributed by atoms with Gasteiger partial charge >= 0.3 is 0 Å². The van der Waals surface area contributed by atoms with E-state index in [0.717, 1.165) is 18.4 Å². The number of aryl methyl sites for hydroxylation is 1. The summed E-state index contributed by atoms with van der Waals surface area (Å²) < 4.78 is 0. The van der Waals surface area contributed by atoms with Gasteiger partial charge in [-0.2, -0.15) is 0 Å². The van der Waals surface area contributed by atoms with E-state index in [1.54, 1.807) is 12.1 Å². The lowest BCUT2D eigenvalue weighted by atomic mass is 9.99. The fourth-order valence-electron chi connectivity index (χ4n) is 2.06. The van der Waals surface area contributed by atoms with Crippen molar-refractivity contribution < 1.29 is 4.79 Å². The van der Waals surface area contributed by atoms with Gasteiger partial charge in [-0.25, -0.2) is 0 Å². The summed E-state index contributed by atoms with van der Waals surface area (Å²) in [4.78, 5) is 12.0. The largest absolute Gasteiger partial charge is 0.350 e. The fraction of sp³-hybridized carbons (Fsp3) is 0.533. The van der Waals surface area contributed by atoms with E-state index in [0.29, 0.717) is 23.0 Å². The van der Waals surface area contributed by atoms with Crippen LogP contribution in [-0.4, -0.2) is 17.8 Å². The zero-order valence-corrected chi connectivity index (χ0v) is 13.2. The molecule has 1 unspecified atom stereocenters. The molecule has 1 atom stereocenters. The molecule has 0 radical (unpaired) electrons. The van der Waals surface area contributed by atoms with Crippen LogP contribution in [0.3, 0.4) is 0 Å². The molecule has 0 aliphatic carbocycles. The van der Waals surface area contributed by atoms with Gasteiger partial charge in [-0.05, 0) is 30.5 Å². The van der Waals surface area contributed by atoms with Crippen LogP contribution in [0.15, 0.2) is 18.2 Å². The van der Waals surface area contributed by atoms with Crippen LogP contribution in [0.1, 0.15) is 42.6 Å². The summed E-state index contributed by atoms with van der Waals surface area (Å²) in [5.74, 6) is 0.261. The van der Waals surface area contributed by atoms with E-state index >= 15 is 0 Å². The maximum atomic E-state index is 12.0. The van der Waals surface area contributed by atoms with Crippen molar-refractivity contribution in [2.24, 2.45) is 5.92 Å². The molecular weight excluding hydrogens is 281 g/mol. The van der Waals surface area contributed by atoms with Crippen molar-refractivity contribution in [1.29, 1.82) is 0 Å². The molecule has 0 aliphatic rings. The third kappa shape index (κ3) is 4.70. The highest BCUT2D eigenvalue weighted by Crippen LogP contribution is 2.19. The number of rotatable bonds is 6. The van der Waals surface area contributed by atoms with Crippen molar-refractivity contribution in [3.05, 3.63) is 34.3 Å². The Hall–Kier alpha value is -0.730. The standard InChI is InChI=1S/C15H21Cl2NO/c1-4-11(5-2)14(17)9-18-15(19)12-7-6-10(3)8-13(12)16/h6-8,11,14H,4-5,9H2,1-3H3,(H,18,19). The van der Waals surface area contributed by atoms with Crippen LogP contribution in [0.25, 0.3) is 0 Å². The summed E-state index contributed by atoms with van der Waals surface area (Å²) in [6.45, 7) is 6.64. The van der Waals surface area contributed by atoms with Crippen molar-refractivity contribution in [1.82, 2.24) is 5.32 Å². The van der Waals surface area contributed by atoms with Gasteiger partial charge in [-0.15, -0.1) is 11.6 Å². The number of carbonyl (C=O) groups is 1. The van der Waals surface area contributed by atoms with E-state index in [1.807, 2.05) is 13.0 Å². The second kappa shape index (κ2) is 7.76. The minimum atomic E-state index is -0.165. The lowest BCUT2D eigenvalue weighted by molar-refractivity contribution is 0.0951. The molecule has 0 heterocycles. The van der Waals surface area contributed by atoms with Gasteiger partial charge in [0.2, 0.25) is 0 Å². The van der Waals surface area contributed by atoms with Gasteiger partial charge in [0.05, 0.1) is 16.0 Å². The molecular formula is C15H21Cl2NO. The Labute approximate surface area is 125 Å². The second-order valence-corrected chi connectivity index (χ2v) is 5.75. The van der Waals surface area contributed by atoms with Gasteiger partial charge in [0, 0.05) is 6.54 Å². The number of alkyl halides is 1. The Bertz CT molecular complexity index is 430.